The fourth-order valence-electron chi connectivity index (χ4n) is 1.43. The summed E-state index contributed by atoms with van der Waals surface area (Å²) in [4.78, 5) is 13.3. The average Bonchev–Trinajstić information content (AvgIpc) is 2.37. The summed E-state index contributed by atoms with van der Waals surface area (Å²) in [5.41, 5.74) is 0.635. The molecule has 0 fully saturated rings. The zero-order valence-corrected chi connectivity index (χ0v) is 10.7. The van der Waals surface area contributed by atoms with Crippen molar-refractivity contribution in [2.75, 3.05) is 31.6 Å². The zero-order valence-electron chi connectivity index (χ0n) is 9.97. The predicted octanol–water partition coefficient (Wildman–Crippen LogP) is 1.55. The highest BCUT2D eigenvalue weighted by Gasteiger charge is 2.12. The standard InChI is InChI=1S/C12H17ClN2O3/c13-10-2-4-11(5-3-10)14-12(18)15(7-9-17)6-1-8-16/h2-5,16-17H,1,6-9H2,(H,14,18). The van der Waals surface area contributed by atoms with Crippen LogP contribution in [-0.2, 0) is 0 Å². The lowest BCUT2D eigenvalue weighted by Crippen LogP contribution is -2.38. The summed E-state index contributed by atoms with van der Waals surface area (Å²) in [5.74, 6) is 0. The molecule has 0 saturated heterocycles. The highest BCUT2D eigenvalue weighted by atomic mass is 35.5. The first-order chi connectivity index (χ1) is 8.67. The molecule has 0 spiro atoms. The molecule has 0 aliphatic heterocycles. The van der Waals surface area contributed by atoms with E-state index in [0.29, 0.717) is 23.7 Å². The Bertz CT molecular complexity index is 370. The van der Waals surface area contributed by atoms with E-state index in [0.717, 1.165) is 0 Å². The van der Waals surface area contributed by atoms with Crippen LogP contribution in [0.2, 0.25) is 5.02 Å². The van der Waals surface area contributed by atoms with Gasteiger partial charge in [-0.05, 0) is 30.7 Å². The number of nitrogens with one attached hydrogen (secondary N) is 1. The van der Waals surface area contributed by atoms with Gasteiger partial charge in [-0.15, -0.1) is 0 Å². The smallest absolute Gasteiger partial charge is 0.321 e. The van der Waals surface area contributed by atoms with Crippen LogP contribution in [0.3, 0.4) is 0 Å². The number of hydrogen-bond acceptors (Lipinski definition) is 3. The van der Waals surface area contributed by atoms with Crippen molar-refractivity contribution in [3.63, 3.8) is 0 Å². The second kappa shape index (κ2) is 7.92. The second-order valence-electron chi connectivity index (χ2n) is 3.72. The summed E-state index contributed by atoms with van der Waals surface area (Å²) in [6.45, 7) is 0.533. The number of halogens is 1. The van der Waals surface area contributed by atoms with Gasteiger partial charge >= 0.3 is 6.03 Å². The number of aliphatic hydroxyl groups excluding tert-OH is 2. The Morgan fingerprint density at radius 1 is 1.17 bits per heavy atom. The Kier molecular flexibility index (Phi) is 6.49. The lowest BCUT2D eigenvalue weighted by Gasteiger charge is -2.21. The zero-order chi connectivity index (χ0) is 13.4. The van der Waals surface area contributed by atoms with Crippen molar-refractivity contribution in [1.29, 1.82) is 0 Å². The minimum Gasteiger partial charge on any atom is -0.396 e. The number of aliphatic hydroxyl groups is 2. The van der Waals surface area contributed by atoms with Gasteiger partial charge < -0.3 is 20.4 Å². The van der Waals surface area contributed by atoms with Crippen molar-refractivity contribution in [3.05, 3.63) is 29.3 Å². The largest absolute Gasteiger partial charge is 0.396 e. The Labute approximate surface area is 111 Å². The second-order valence-corrected chi connectivity index (χ2v) is 4.16. The van der Waals surface area contributed by atoms with Gasteiger partial charge in [0.25, 0.3) is 0 Å². The normalized spacial score (nSPS) is 10.2. The third-order valence-corrected chi connectivity index (χ3v) is 2.59. The monoisotopic (exact) mass is 272 g/mol. The van der Waals surface area contributed by atoms with Crippen molar-refractivity contribution in [2.45, 2.75) is 6.42 Å². The lowest BCUT2D eigenvalue weighted by molar-refractivity contribution is 0.180. The molecule has 1 aromatic rings. The first kappa shape index (κ1) is 14.8. The average molecular weight is 273 g/mol. The number of carbonyl (C=O) groups is 1. The van der Waals surface area contributed by atoms with Crippen LogP contribution in [0, 0.1) is 0 Å². The molecule has 1 aromatic carbocycles. The molecule has 0 saturated carbocycles. The SMILES string of the molecule is O=C(Nc1ccc(Cl)cc1)N(CCO)CCCO. The predicted molar refractivity (Wildman–Crippen MR) is 70.8 cm³/mol. The fraction of sp³-hybridized carbons (Fsp3) is 0.417. The van der Waals surface area contributed by atoms with Gasteiger partial charge in [-0.25, -0.2) is 4.79 Å². The van der Waals surface area contributed by atoms with Crippen LogP contribution in [0.4, 0.5) is 10.5 Å². The number of carbonyl (C=O) groups excluding carboxylic acids is 1. The number of benzene rings is 1. The van der Waals surface area contributed by atoms with Crippen LogP contribution in [0.1, 0.15) is 6.42 Å². The van der Waals surface area contributed by atoms with E-state index >= 15 is 0 Å². The highest BCUT2D eigenvalue weighted by molar-refractivity contribution is 6.30. The van der Waals surface area contributed by atoms with Crippen LogP contribution in [0.25, 0.3) is 0 Å². The Morgan fingerprint density at radius 3 is 2.39 bits per heavy atom. The van der Waals surface area contributed by atoms with Crippen LogP contribution >= 0.6 is 11.6 Å². The Balaban J connectivity index is 2.57. The molecule has 5 nitrogen and oxygen atoms in total. The van der Waals surface area contributed by atoms with Gasteiger partial charge in [-0.2, -0.15) is 0 Å². The van der Waals surface area contributed by atoms with E-state index < -0.39 is 0 Å². The van der Waals surface area contributed by atoms with Gasteiger partial charge in [0.2, 0.25) is 0 Å². The molecule has 0 aromatic heterocycles. The number of rotatable bonds is 6. The van der Waals surface area contributed by atoms with Crippen LogP contribution in [-0.4, -0.2) is 47.4 Å². The molecule has 0 atom stereocenters. The molecule has 6 heteroatoms. The van der Waals surface area contributed by atoms with E-state index in [4.69, 9.17) is 21.8 Å². The number of urea groups is 1. The molecular weight excluding hydrogens is 256 g/mol. The molecular formula is C12H17ClN2O3. The fourth-order valence-corrected chi connectivity index (χ4v) is 1.56. The summed E-state index contributed by atoms with van der Waals surface area (Å²) < 4.78 is 0. The molecule has 0 heterocycles. The van der Waals surface area contributed by atoms with Crippen molar-refractivity contribution >= 4 is 23.3 Å². The number of anilines is 1. The van der Waals surface area contributed by atoms with E-state index in [-0.39, 0.29) is 25.8 Å². The van der Waals surface area contributed by atoms with Crippen LogP contribution in [0.15, 0.2) is 24.3 Å². The van der Waals surface area contributed by atoms with Crippen molar-refractivity contribution < 1.29 is 15.0 Å². The van der Waals surface area contributed by atoms with Gasteiger partial charge in [-0.3, -0.25) is 0 Å². The first-order valence-corrected chi connectivity index (χ1v) is 6.08. The lowest BCUT2D eigenvalue weighted by atomic mass is 10.3. The Hall–Kier alpha value is -1.30. The summed E-state index contributed by atoms with van der Waals surface area (Å²) in [5, 5.41) is 20.9. The van der Waals surface area contributed by atoms with E-state index in [1.807, 2.05) is 0 Å². The molecule has 18 heavy (non-hydrogen) atoms. The van der Waals surface area contributed by atoms with Gasteiger partial charge in [0, 0.05) is 30.4 Å². The molecule has 0 unspecified atom stereocenters. The number of amides is 2. The van der Waals surface area contributed by atoms with Crippen molar-refractivity contribution in [3.8, 4) is 0 Å². The summed E-state index contributed by atoms with van der Waals surface area (Å²) >= 11 is 5.75. The number of nitrogens with zero attached hydrogens (tertiary/aromatic N) is 1. The summed E-state index contributed by atoms with van der Waals surface area (Å²) in [7, 11) is 0. The number of hydrogen-bond donors (Lipinski definition) is 3. The maximum atomic E-state index is 11.9. The molecule has 0 aliphatic rings. The minimum atomic E-state index is -0.306. The van der Waals surface area contributed by atoms with Crippen molar-refractivity contribution in [1.82, 2.24) is 4.90 Å². The molecule has 0 aliphatic carbocycles. The van der Waals surface area contributed by atoms with Crippen molar-refractivity contribution in [2.24, 2.45) is 0 Å². The molecule has 100 valence electrons. The van der Waals surface area contributed by atoms with Crippen LogP contribution < -0.4 is 5.32 Å². The van der Waals surface area contributed by atoms with Gasteiger partial charge in [0.15, 0.2) is 0 Å². The molecule has 2 amide bonds. The maximum Gasteiger partial charge on any atom is 0.321 e. The Morgan fingerprint density at radius 2 is 1.83 bits per heavy atom. The maximum absolute atomic E-state index is 11.9. The minimum absolute atomic E-state index is 0.0101. The highest BCUT2D eigenvalue weighted by Crippen LogP contribution is 2.13. The van der Waals surface area contributed by atoms with Gasteiger partial charge in [-0.1, -0.05) is 11.6 Å². The third kappa shape index (κ3) is 4.91. The summed E-state index contributed by atoms with van der Waals surface area (Å²) in [6.07, 6.45) is 0.480. The first-order valence-electron chi connectivity index (χ1n) is 5.70. The summed E-state index contributed by atoms with van der Waals surface area (Å²) in [6, 6.07) is 6.45. The third-order valence-electron chi connectivity index (χ3n) is 2.34. The molecule has 3 N–H and O–H groups in total. The van der Waals surface area contributed by atoms with E-state index in [1.54, 1.807) is 24.3 Å². The molecule has 1 rings (SSSR count). The van der Waals surface area contributed by atoms with Gasteiger partial charge in [0.05, 0.1) is 6.61 Å². The van der Waals surface area contributed by atoms with Crippen LogP contribution in [0.5, 0.6) is 0 Å². The van der Waals surface area contributed by atoms with E-state index in [1.165, 1.54) is 4.90 Å². The van der Waals surface area contributed by atoms with Gasteiger partial charge in [0.1, 0.15) is 0 Å². The van der Waals surface area contributed by atoms with E-state index in [9.17, 15) is 4.79 Å². The molecule has 0 radical (unpaired) electrons. The quantitative estimate of drug-likeness (QED) is 0.736. The molecule has 0 bridgehead atoms. The topological polar surface area (TPSA) is 72.8 Å². The van der Waals surface area contributed by atoms with E-state index in [2.05, 4.69) is 5.32 Å².